The van der Waals surface area contributed by atoms with Gasteiger partial charge in [0, 0.05) is 64.0 Å². The number of nitrogens with one attached hydrogen (secondary N) is 3. The second kappa shape index (κ2) is 27.5. The van der Waals surface area contributed by atoms with Crippen molar-refractivity contribution in [1.82, 2.24) is 40.7 Å². The van der Waals surface area contributed by atoms with Gasteiger partial charge in [-0.05, 0) is 70.4 Å². The first-order valence-corrected chi connectivity index (χ1v) is 21.4. The van der Waals surface area contributed by atoms with E-state index in [9.17, 15) is 14.4 Å². The van der Waals surface area contributed by atoms with Gasteiger partial charge in [0.2, 0.25) is 11.8 Å². The lowest BCUT2D eigenvalue weighted by atomic mass is 10.1. The molecule has 0 bridgehead atoms. The van der Waals surface area contributed by atoms with Crippen LogP contribution in [0.15, 0.2) is 55.0 Å². The summed E-state index contributed by atoms with van der Waals surface area (Å²) in [5, 5.41) is 13.9. The number of rotatable bonds is 30. The van der Waals surface area contributed by atoms with Gasteiger partial charge >= 0.3 is 6.09 Å². The number of pyridine rings is 1. The summed E-state index contributed by atoms with van der Waals surface area (Å²) < 4.78 is 34.9. The second-order valence-electron chi connectivity index (χ2n) is 15.3. The zero-order chi connectivity index (χ0) is 44.4. The topological polar surface area (TPSA) is 202 Å². The van der Waals surface area contributed by atoms with Crippen LogP contribution in [0.2, 0.25) is 0 Å². The molecule has 1 aromatic carbocycles. The Bertz CT molecular complexity index is 1910. The van der Waals surface area contributed by atoms with Gasteiger partial charge in [-0.1, -0.05) is 18.6 Å². The fourth-order valence-corrected chi connectivity index (χ4v) is 5.86. The molecule has 18 nitrogen and oxygen atoms in total. The minimum absolute atomic E-state index is 0.00571. The molecule has 0 fully saturated rings. The Morgan fingerprint density at radius 3 is 2.11 bits per heavy atom. The summed E-state index contributed by atoms with van der Waals surface area (Å²) in [4.78, 5) is 52.0. The summed E-state index contributed by atoms with van der Waals surface area (Å²) in [6.45, 7) is 13.7. The highest BCUT2D eigenvalue weighted by atomic mass is 16.6. The maximum absolute atomic E-state index is 12.4. The van der Waals surface area contributed by atoms with Crippen molar-refractivity contribution in [1.29, 1.82) is 0 Å². The first-order valence-electron chi connectivity index (χ1n) is 21.4. The molecule has 0 radical (unpaired) electrons. The lowest BCUT2D eigenvalue weighted by Gasteiger charge is -2.20. The van der Waals surface area contributed by atoms with Gasteiger partial charge < -0.3 is 49.3 Å². The van der Waals surface area contributed by atoms with Gasteiger partial charge in [0.25, 0.3) is 0 Å². The summed E-state index contributed by atoms with van der Waals surface area (Å²) in [6.07, 6.45) is 7.89. The molecule has 0 aliphatic heterocycles. The number of hydrogen-bond donors (Lipinski definition) is 3. The number of carbonyl (C=O) groups excluding carboxylic acids is 3. The summed E-state index contributed by atoms with van der Waals surface area (Å²) in [5.41, 5.74) is 2.06. The fraction of sp³-hybridized carbons (Fsp3) is 0.568. The van der Waals surface area contributed by atoms with E-state index >= 15 is 0 Å². The molecule has 3 heterocycles. The number of likely N-dealkylation sites (N-methyl/N-ethyl adjacent to an activating group) is 1. The minimum Gasteiger partial charge on any atom is -0.492 e. The summed E-state index contributed by atoms with van der Waals surface area (Å²) in [6, 6.07) is 11.5. The fourth-order valence-electron chi connectivity index (χ4n) is 5.86. The largest absolute Gasteiger partial charge is 0.492 e. The molecule has 62 heavy (non-hydrogen) atoms. The van der Waals surface area contributed by atoms with Crippen molar-refractivity contribution < 1.29 is 42.8 Å². The van der Waals surface area contributed by atoms with Crippen molar-refractivity contribution in [3.8, 4) is 17.1 Å². The van der Waals surface area contributed by atoms with E-state index in [4.69, 9.17) is 38.4 Å². The Kier molecular flexibility index (Phi) is 21.8. The Labute approximate surface area is 364 Å². The Morgan fingerprint density at radius 1 is 0.742 bits per heavy atom. The number of aromatic nitrogens is 5. The summed E-state index contributed by atoms with van der Waals surface area (Å²) >= 11 is 0. The first-order chi connectivity index (χ1) is 30.0. The molecule has 3 N–H and O–H groups in total. The Hall–Kier alpha value is -5.43. The quantitative estimate of drug-likeness (QED) is 0.0609. The van der Waals surface area contributed by atoms with Gasteiger partial charge in [0.15, 0.2) is 11.5 Å². The number of anilines is 1. The van der Waals surface area contributed by atoms with Gasteiger partial charge in [0.1, 0.15) is 23.8 Å². The van der Waals surface area contributed by atoms with Crippen LogP contribution in [0.4, 0.5) is 10.6 Å². The van der Waals surface area contributed by atoms with Crippen LogP contribution in [0.5, 0.6) is 5.75 Å². The molecule has 0 aliphatic rings. The van der Waals surface area contributed by atoms with E-state index in [0.29, 0.717) is 104 Å². The maximum atomic E-state index is 12.4. The molecule has 0 saturated carbocycles. The van der Waals surface area contributed by atoms with E-state index in [1.165, 1.54) is 0 Å². The second-order valence-corrected chi connectivity index (χ2v) is 15.3. The normalized spacial score (nSPS) is 11.4. The molecule has 3 amide bonds. The molecular weight excluding hydrogens is 799 g/mol. The highest BCUT2D eigenvalue weighted by Gasteiger charge is 2.18. The monoisotopic (exact) mass is 863 g/mol. The number of benzene rings is 1. The highest BCUT2D eigenvalue weighted by molar-refractivity contribution is 5.88. The van der Waals surface area contributed by atoms with Crippen molar-refractivity contribution in [3.63, 3.8) is 0 Å². The van der Waals surface area contributed by atoms with Gasteiger partial charge in [0.05, 0.1) is 71.0 Å². The molecule has 4 aromatic rings. The van der Waals surface area contributed by atoms with Crippen molar-refractivity contribution in [2.75, 3.05) is 91.0 Å². The number of hydrogen-bond acceptors (Lipinski definition) is 14. The van der Waals surface area contributed by atoms with E-state index in [1.807, 2.05) is 80.7 Å². The Balaban J connectivity index is 0.948. The number of amides is 3. The maximum Gasteiger partial charge on any atom is 0.407 e. The number of unbranched alkanes of at least 4 members (excludes halogenated alkanes) is 2. The SMILES string of the molecule is CCn1ncc2c(N(C)CCOc3ccc(CNC(=O)CCCCCNC(=O)CCOCCOCCOCCOCCNC(=O)OC(C)(C)C)cc3)nc(-c3cccnc3)nc21. The minimum atomic E-state index is -0.529. The van der Waals surface area contributed by atoms with E-state index < -0.39 is 11.7 Å². The third kappa shape index (κ3) is 19.1. The average Bonchev–Trinajstić information content (AvgIpc) is 3.68. The number of nitrogens with zero attached hydrogens (tertiary/aromatic N) is 6. The highest BCUT2D eigenvalue weighted by Crippen LogP contribution is 2.27. The predicted octanol–water partition coefficient (Wildman–Crippen LogP) is 4.70. The van der Waals surface area contributed by atoms with Crippen LogP contribution in [0, 0.1) is 0 Å². The number of ether oxygens (including phenoxy) is 6. The van der Waals surface area contributed by atoms with Gasteiger partial charge in [-0.25, -0.2) is 19.4 Å². The molecule has 0 aliphatic carbocycles. The van der Waals surface area contributed by atoms with Crippen molar-refractivity contribution >= 4 is 34.8 Å². The average molecular weight is 864 g/mol. The van der Waals surface area contributed by atoms with Crippen molar-refractivity contribution in [2.24, 2.45) is 0 Å². The van der Waals surface area contributed by atoms with E-state index in [2.05, 4.69) is 26.0 Å². The molecular formula is C44H65N9O9. The van der Waals surface area contributed by atoms with Crippen LogP contribution < -0.4 is 25.6 Å². The molecule has 0 saturated heterocycles. The summed E-state index contributed by atoms with van der Waals surface area (Å²) in [5.74, 6) is 2.03. The number of carbonyl (C=O) groups is 3. The van der Waals surface area contributed by atoms with E-state index in [0.717, 1.165) is 53.0 Å². The lowest BCUT2D eigenvalue weighted by Crippen LogP contribution is -2.34. The molecule has 0 unspecified atom stereocenters. The zero-order valence-electron chi connectivity index (χ0n) is 37.0. The van der Waals surface area contributed by atoms with Crippen molar-refractivity contribution in [3.05, 3.63) is 60.6 Å². The van der Waals surface area contributed by atoms with Crippen LogP contribution in [0.3, 0.4) is 0 Å². The summed E-state index contributed by atoms with van der Waals surface area (Å²) in [7, 11) is 1.98. The molecule has 18 heteroatoms. The number of aryl methyl sites for hydroxylation is 1. The molecule has 4 rings (SSSR count). The van der Waals surface area contributed by atoms with E-state index in [-0.39, 0.29) is 18.2 Å². The van der Waals surface area contributed by atoms with Crippen molar-refractivity contribution in [2.45, 2.75) is 78.5 Å². The van der Waals surface area contributed by atoms with Gasteiger partial charge in [-0.3, -0.25) is 14.6 Å². The zero-order valence-corrected chi connectivity index (χ0v) is 37.0. The van der Waals surface area contributed by atoms with Gasteiger partial charge in [-0.2, -0.15) is 5.10 Å². The molecule has 3 aromatic heterocycles. The third-order valence-electron chi connectivity index (χ3n) is 9.07. The van der Waals surface area contributed by atoms with Gasteiger partial charge in [-0.15, -0.1) is 0 Å². The third-order valence-corrected chi connectivity index (χ3v) is 9.07. The molecule has 0 atom stereocenters. The number of fused-ring (bicyclic) bond motifs is 1. The van der Waals surface area contributed by atoms with E-state index in [1.54, 1.807) is 18.6 Å². The standard InChI is InChI=1S/C44H65N9O9/c1-6-53-42-37(33-49-53)41(50-40(51-42)35-11-10-18-45-32-35)52(5)21-24-61-36-15-13-34(14-16-36)31-48-38(54)12-8-7-9-19-46-39(55)17-22-57-25-27-59-29-30-60-28-26-58-23-20-47-43(56)62-44(2,3)4/h10-11,13-16,18,32-33H,6-9,12,17,19-31H2,1-5H3,(H,46,55)(H,47,56)(H,48,54). The molecule has 340 valence electrons. The predicted molar refractivity (Wildman–Crippen MR) is 235 cm³/mol. The van der Waals surface area contributed by atoms with Crippen LogP contribution in [-0.2, 0) is 46.4 Å². The lowest BCUT2D eigenvalue weighted by molar-refractivity contribution is -0.123. The smallest absolute Gasteiger partial charge is 0.407 e. The Morgan fingerprint density at radius 2 is 1.44 bits per heavy atom. The first kappa shape index (κ1) is 49.2. The number of alkyl carbamates (subject to hydrolysis) is 1. The molecule has 0 spiro atoms. The van der Waals surface area contributed by atoms with Crippen LogP contribution in [0.25, 0.3) is 22.4 Å². The van der Waals surface area contributed by atoms with Crippen LogP contribution >= 0.6 is 0 Å². The van der Waals surface area contributed by atoms with Crippen LogP contribution in [0.1, 0.15) is 65.4 Å². The van der Waals surface area contributed by atoms with Crippen LogP contribution in [-0.4, -0.2) is 134 Å².